The smallest absolute Gasteiger partial charge is 0.388 e. The van der Waals surface area contributed by atoms with Gasteiger partial charge in [0.05, 0.1) is 11.2 Å². The van der Waals surface area contributed by atoms with Gasteiger partial charge in [0.2, 0.25) is 0 Å². The molecule has 1 saturated carbocycles. The molecule has 0 radical (unpaired) electrons. The first-order chi connectivity index (χ1) is 9.78. The standard InChI is InChI=1S/C15H19BrF3NO/c16-12-7-11(15(17,18)19)8-13(9-12)20-10-14(21)5-3-1-2-4-6-14/h7-9,20-21H,1-6,10H2. The first-order valence-electron chi connectivity index (χ1n) is 7.13. The summed E-state index contributed by atoms with van der Waals surface area (Å²) in [5.41, 5.74) is -1.15. The highest BCUT2D eigenvalue weighted by atomic mass is 79.9. The minimum Gasteiger partial charge on any atom is -0.388 e. The summed E-state index contributed by atoms with van der Waals surface area (Å²) in [5, 5.41) is 13.5. The van der Waals surface area contributed by atoms with Crippen molar-refractivity contribution in [2.75, 3.05) is 11.9 Å². The van der Waals surface area contributed by atoms with Gasteiger partial charge in [-0.3, -0.25) is 0 Å². The second kappa shape index (κ2) is 6.57. The Balaban J connectivity index is 2.07. The van der Waals surface area contributed by atoms with Gasteiger partial charge in [0.25, 0.3) is 0 Å². The molecule has 0 amide bonds. The molecule has 0 heterocycles. The van der Waals surface area contributed by atoms with Crippen LogP contribution in [0, 0.1) is 0 Å². The molecule has 2 N–H and O–H groups in total. The van der Waals surface area contributed by atoms with E-state index in [0.29, 0.717) is 23.0 Å². The Labute approximate surface area is 130 Å². The van der Waals surface area contributed by atoms with Crippen LogP contribution in [0.3, 0.4) is 0 Å². The van der Waals surface area contributed by atoms with Gasteiger partial charge in [-0.15, -0.1) is 0 Å². The molecule has 1 fully saturated rings. The lowest BCUT2D eigenvalue weighted by molar-refractivity contribution is -0.137. The first kappa shape index (κ1) is 16.6. The van der Waals surface area contributed by atoms with Crippen LogP contribution >= 0.6 is 15.9 Å². The minimum absolute atomic E-state index is 0.279. The van der Waals surface area contributed by atoms with Crippen LogP contribution in [0.5, 0.6) is 0 Å². The number of alkyl halides is 3. The number of halogens is 4. The first-order valence-corrected chi connectivity index (χ1v) is 7.92. The summed E-state index contributed by atoms with van der Waals surface area (Å²) in [6.07, 6.45) is 1.16. The molecular weight excluding hydrogens is 347 g/mol. The maximum atomic E-state index is 12.8. The van der Waals surface area contributed by atoms with Gasteiger partial charge in [-0.25, -0.2) is 0 Å². The zero-order valence-electron chi connectivity index (χ0n) is 11.6. The van der Waals surface area contributed by atoms with E-state index in [1.807, 2.05) is 0 Å². The van der Waals surface area contributed by atoms with Gasteiger partial charge >= 0.3 is 6.18 Å². The molecule has 1 aromatic carbocycles. The molecule has 2 nitrogen and oxygen atoms in total. The summed E-state index contributed by atoms with van der Waals surface area (Å²) in [4.78, 5) is 0. The van der Waals surface area contributed by atoms with Gasteiger partial charge in [-0.05, 0) is 31.0 Å². The highest BCUT2D eigenvalue weighted by Crippen LogP contribution is 2.34. The summed E-state index contributed by atoms with van der Waals surface area (Å²) < 4.78 is 38.7. The van der Waals surface area contributed by atoms with Crippen molar-refractivity contribution < 1.29 is 18.3 Å². The molecule has 1 aliphatic rings. The molecule has 1 aromatic rings. The fraction of sp³-hybridized carbons (Fsp3) is 0.600. The van der Waals surface area contributed by atoms with E-state index in [4.69, 9.17) is 0 Å². The molecule has 118 valence electrons. The lowest BCUT2D eigenvalue weighted by Gasteiger charge is -2.27. The van der Waals surface area contributed by atoms with E-state index in [1.54, 1.807) is 6.07 Å². The van der Waals surface area contributed by atoms with Crippen LogP contribution in [-0.2, 0) is 6.18 Å². The molecule has 0 aromatic heterocycles. The van der Waals surface area contributed by atoms with Crippen molar-refractivity contribution in [3.63, 3.8) is 0 Å². The quantitative estimate of drug-likeness (QED) is 0.741. The molecule has 0 aliphatic heterocycles. The molecule has 21 heavy (non-hydrogen) atoms. The lowest BCUT2D eigenvalue weighted by atomic mass is 9.94. The Morgan fingerprint density at radius 2 is 1.71 bits per heavy atom. The van der Waals surface area contributed by atoms with E-state index in [0.717, 1.165) is 37.8 Å². The average Bonchev–Trinajstić information content (AvgIpc) is 2.60. The molecule has 1 aliphatic carbocycles. The van der Waals surface area contributed by atoms with Crippen molar-refractivity contribution >= 4 is 21.6 Å². The number of rotatable bonds is 3. The van der Waals surface area contributed by atoms with Crippen LogP contribution in [-0.4, -0.2) is 17.3 Å². The average molecular weight is 366 g/mol. The fourth-order valence-corrected chi connectivity index (χ4v) is 3.18. The third kappa shape index (κ3) is 4.88. The third-order valence-corrected chi connectivity index (χ3v) is 4.34. The van der Waals surface area contributed by atoms with Crippen LogP contribution < -0.4 is 5.32 Å². The molecular formula is C15H19BrF3NO. The molecule has 0 unspecified atom stereocenters. The Bertz CT molecular complexity index is 482. The Morgan fingerprint density at radius 3 is 2.29 bits per heavy atom. The lowest BCUT2D eigenvalue weighted by Crippen LogP contribution is -2.36. The Hall–Kier alpha value is -0.750. The predicted molar refractivity (Wildman–Crippen MR) is 80.3 cm³/mol. The molecule has 0 saturated heterocycles. The predicted octanol–water partition coefficient (Wildman–Crippen LogP) is 4.97. The second-order valence-electron chi connectivity index (χ2n) is 5.72. The van der Waals surface area contributed by atoms with E-state index in [9.17, 15) is 18.3 Å². The summed E-state index contributed by atoms with van der Waals surface area (Å²) in [7, 11) is 0. The van der Waals surface area contributed by atoms with E-state index in [1.165, 1.54) is 0 Å². The van der Waals surface area contributed by atoms with Crippen LogP contribution in [0.15, 0.2) is 22.7 Å². The van der Waals surface area contributed by atoms with Gasteiger partial charge in [0.1, 0.15) is 0 Å². The van der Waals surface area contributed by atoms with Crippen LogP contribution in [0.4, 0.5) is 18.9 Å². The Kier molecular flexibility index (Phi) is 5.20. The van der Waals surface area contributed by atoms with Crippen LogP contribution in [0.1, 0.15) is 44.1 Å². The normalized spacial score (nSPS) is 19.1. The summed E-state index contributed by atoms with van der Waals surface area (Å²) >= 11 is 3.09. The van der Waals surface area contributed by atoms with Crippen molar-refractivity contribution in [3.05, 3.63) is 28.2 Å². The largest absolute Gasteiger partial charge is 0.416 e. The number of hydrogen-bond donors (Lipinski definition) is 2. The van der Waals surface area contributed by atoms with Gasteiger partial charge in [-0.2, -0.15) is 13.2 Å². The highest BCUT2D eigenvalue weighted by molar-refractivity contribution is 9.10. The molecule has 2 rings (SSSR count). The van der Waals surface area contributed by atoms with Crippen molar-refractivity contribution in [2.45, 2.75) is 50.3 Å². The zero-order valence-corrected chi connectivity index (χ0v) is 13.2. The van der Waals surface area contributed by atoms with Gasteiger partial charge in [0.15, 0.2) is 0 Å². The van der Waals surface area contributed by atoms with E-state index >= 15 is 0 Å². The fourth-order valence-electron chi connectivity index (χ4n) is 2.69. The third-order valence-electron chi connectivity index (χ3n) is 3.88. The highest BCUT2D eigenvalue weighted by Gasteiger charge is 2.32. The number of hydrogen-bond acceptors (Lipinski definition) is 2. The van der Waals surface area contributed by atoms with Crippen molar-refractivity contribution in [1.82, 2.24) is 0 Å². The number of nitrogens with one attached hydrogen (secondary N) is 1. The number of benzene rings is 1. The van der Waals surface area contributed by atoms with E-state index in [-0.39, 0.29) is 6.54 Å². The minimum atomic E-state index is -4.38. The summed E-state index contributed by atoms with van der Waals surface area (Å²) in [5.74, 6) is 0. The monoisotopic (exact) mass is 365 g/mol. The SMILES string of the molecule is OC1(CNc2cc(Br)cc(C(F)(F)F)c2)CCCCCC1. The van der Waals surface area contributed by atoms with Crippen molar-refractivity contribution in [3.8, 4) is 0 Å². The molecule has 0 bridgehead atoms. The summed E-state index contributed by atoms with van der Waals surface area (Å²) in [6, 6.07) is 3.71. The molecule has 0 atom stereocenters. The second-order valence-corrected chi connectivity index (χ2v) is 6.63. The van der Waals surface area contributed by atoms with Gasteiger partial charge in [0, 0.05) is 16.7 Å². The number of aliphatic hydroxyl groups is 1. The Morgan fingerprint density at radius 1 is 1.10 bits per heavy atom. The van der Waals surface area contributed by atoms with Gasteiger partial charge < -0.3 is 10.4 Å². The van der Waals surface area contributed by atoms with Crippen LogP contribution in [0.2, 0.25) is 0 Å². The van der Waals surface area contributed by atoms with Crippen molar-refractivity contribution in [2.24, 2.45) is 0 Å². The van der Waals surface area contributed by atoms with E-state index < -0.39 is 17.3 Å². The maximum Gasteiger partial charge on any atom is 0.416 e. The maximum absolute atomic E-state index is 12.8. The summed E-state index contributed by atoms with van der Waals surface area (Å²) in [6.45, 7) is 0.279. The van der Waals surface area contributed by atoms with Crippen LogP contribution in [0.25, 0.3) is 0 Å². The van der Waals surface area contributed by atoms with E-state index in [2.05, 4.69) is 21.2 Å². The topological polar surface area (TPSA) is 32.3 Å². The number of anilines is 1. The van der Waals surface area contributed by atoms with Crippen molar-refractivity contribution in [1.29, 1.82) is 0 Å². The molecule has 0 spiro atoms. The molecule has 6 heteroatoms. The van der Waals surface area contributed by atoms with Gasteiger partial charge in [-0.1, -0.05) is 41.6 Å². The zero-order chi connectivity index (χ0) is 15.5.